The van der Waals surface area contributed by atoms with Crippen LogP contribution in [0.5, 0.6) is 0 Å². The fraction of sp³-hybridized carbons (Fsp3) is 0.200. The Labute approximate surface area is 149 Å². The van der Waals surface area contributed by atoms with Gasteiger partial charge in [-0.15, -0.1) is 11.3 Å². The van der Waals surface area contributed by atoms with E-state index >= 15 is 0 Å². The highest BCUT2D eigenvalue weighted by Crippen LogP contribution is 2.20. The molecule has 0 atom stereocenters. The molecular weight excluding hydrogens is 336 g/mol. The molecule has 0 amide bonds. The second-order valence-corrected chi connectivity index (χ2v) is 6.63. The number of carbonyl (C=O) groups excluding carboxylic acids is 1. The molecule has 0 aliphatic rings. The number of fused-ring (bicyclic) bond motifs is 1. The van der Waals surface area contributed by atoms with Crippen molar-refractivity contribution in [2.75, 3.05) is 0 Å². The number of hydrogen-bond acceptors (Lipinski definition) is 5. The monoisotopic (exact) mass is 354 g/mol. The molecular formula is C20H18O4S. The minimum Gasteiger partial charge on any atom is -0.458 e. The molecule has 0 unspecified atom stereocenters. The zero-order valence-electron chi connectivity index (χ0n) is 14.1. The van der Waals surface area contributed by atoms with Gasteiger partial charge in [0.2, 0.25) is 0 Å². The van der Waals surface area contributed by atoms with Gasteiger partial charge in [-0.1, -0.05) is 19.1 Å². The molecule has 0 N–H and O–H groups in total. The lowest BCUT2D eigenvalue weighted by atomic mass is 10.1. The zero-order chi connectivity index (χ0) is 17.8. The Morgan fingerprint density at radius 3 is 2.84 bits per heavy atom. The largest absolute Gasteiger partial charge is 0.458 e. The lowest BCUT2D eigenvalue weighted by Gasteiger charge is -2.07. The van der Waals surface area contributed by atoms with Crippen LogP contribution in [0.25, 0.3) is 17.0 Å². The molecule has 4 nitrogen and oxygen atoms in total. The fourth-order valence-corrected chi connectivity index (χ4v) is 3.33. The number of thiophene rings is 1. The van der Waals surface area contributed by atoms with Crippen LogP contribution in [0.2, 0.25) is 0 Å². The summed E-state index contributed by atoms with van der Waals surface area (Å²) in [4.78, 5) is 24.7. The van der Waals surface area contributed by atoms with Crippen molar-refractivity contribution in [2.24, 2.45) is 0 Å². The predicted octanol–water partition coefficient (Wildman–Crippen LogP) is 4.48. The van der Waals surface area contributed by atoms with E-state index in [0.29, 0.717) is 11.1 Å². The summed E-state index contributed by atoms with van der Waals surface area (Å²) in [5, 5.41) is 2.75. The van der Waals surface area contributed by atoms with Gasteiger partial charge in [-0.2, -0.15) is 0 Å². The molecule has 0 aliphatic heterocycles. The Kier molecular flexibility index (Phi) is 5.14. The molecule has 0 saturated heterocycles. The number of aryl methyl sites for hydroxylation is 2. The molecule has 3 rings (SSSR count). The third-order valence-corrected chi connectivity index (χ3v) is 4.93. The van der Waals surface area contributed by atoms with E-state index in [4.69, 9.17) is 9.15 Å². The van der Waals surface area contributed by atoms with E-state index in [1.54, 1.807) is 17.4 Å². The molecule has 1 aromatic carbocycles. The van der Waals surface area contributed by atoms with Crippen molar-refractivity contribution in [1.82, 2.24) is 0 Å². The van der Waals surface area contributed by atoms with Gasteiger partial charge in [-0.25, -0.2) is 9.59 Å². The smallest absolute Gasteiger partial charge is 0.336 e. The second-order valence-electron chi connectivity index (χ2n) is 5.68. The lowest BCUT2D eigenvalue weighted by Crippen LogP contribution is -2.05. The van der Waals surface area contributed by atoms with Crippen molar-refractivity contribution in [2.45, 2.75) is 26.9 Å². The molecule has 0 aliphatic carbocycles. The van der Waals surface area contributed by atoms with Crippen LogP contribution in [-0.4, -0.2) is 5.97 Å². The van der Waals surface area contributed by atoms with Crippen molar-refractivity contribution in [3.8, 4) is 0 Å². The summed E-state index contributed by atoms with van der Waals surface area (Å²) in [7, 11) is 0. The van der Waals surface area contributed by atoms with E-state index in [1.165, 1.54) is 12.1 Å². The molecule has 0 fully saturated rings. The van der Waals surface area contributed by atoms with Gasteiger partial charge < -0.3 is 9.15 Å². The Hall–Kier alpha value is -2.66. The highest BCUT2D eigenvalue weighted by Gasteiger charge is 2.08. The molecule has 0 radical (unpaired) electrons. The first-order chi connectivity index (χ1) is 12.1. The average Bonchev–Trinajstić information content (AvgIpc) is 3.02. The SMILES string of the molecule is CCc1ccc2c(COC(=O)/C=C/c3sccc3C)cc(=O)oc2c1. The van der Waals surface area contributed by atoms with Gasteiger partial charge in [0.25, 0.3) is 0 Å². The van der Waals surface area contributed by atoms with Crippen molar-refractivity contribution in [3.05, 3.63) is 73.8 Å². The van der Waals surface area contributed by atoms with Crippen LogP contribution >= 0.6 is 11.3 Å². The Morgan fingerprint density at radius 2 is 2.12 bits per heavy atom. The average molecular weight is 354 g/mol. The summed E-state index contributed by atoms with van der Waals surface area (Å²) < 4.78 is 10.5. The normalized spacial score (nSPS) is 11.3. The van der Waals surface area contributed by atoms with Crippen molar-refractivity contribution >= 4 is 34.4 Å². The topological polar surface area (TPSA) is 56.5 Å². The fourth-order valence-electron chi connectivity index (χ4n) is 2.51. The van der Waals surface area contributed by atoms with Gasteiger partial charge in [0.1, 0.15) is 12.2 Å². The van der Waals surface area contributed by atoms with Crippen LogP contribution in [0.3, 0.4) is 0 Å². The lowest BCUT2D eigenvalue weighted by molar-refractivity contribution is -0.138. The van der Waals surface area contributed by atoms with Crippen LogP contribution < -0.4 is 5.63 Å². The number of benzene rings is 1. The molecule has 2 aromatic heterocycles. The second kappa shape index (κ2) is 7.49. The van der Waals surface area contributed by atoms with E-state index in [1.807, 2.05) is 43.5 Å². The summed E-state index contributed by atoms with van der Waals surface area (Å²) in [6.45, 7) is 4.05. The highest BCUT2D eigenvalue weighted by atomic mass is 32.1. The number of ether oxygens (including phenoxy) is 1. The van der Waals surface area contributed by atoms with Crippen LogP contribution in [0.15, 0.2) is 51.0 Å². The minimum atomic E-state index is -0.448. The molecule has 2 heterocycles. The van der Waals surface area contributed by atoms with Crippen LogP contribution in [-0.2, 0) is 22.6 Å². The summed E-state index contributed by atoms with van der Waals surface area (Å²) in [5.41, 5.74) is 2.91. The quantitative estimate of drug-likeness (QED) is 0.385. The third kappa shape index (κ3) is 4.06. The summed E-state index contributed by atoms with van der Waals surface area (Å²) in [6, 6.07) is 9.09. The van der Waals surface area contributed by atoms with Gasteiger partial charge in [-0.05, 0) is 48.1 Å². The zero-order valence-corrected chi connectivity index (χ0v) is 14.9. The van der Waals surface area contributed by atoms with Gasteiger partial charge in [-0.3, -0.25) is 0 Å². The van der Waals surface area contributed by atoms with Gasteiger partial charge in [0.15, 0.2) is 0 Å². The van der Waals surface area contributed by atoms with Crippen molar-refractivity contribution in [1.29, 1.82) is 0 Å². The number of carbonyl (C=O) groups is 1. The first-order valence-electron chi connectivity index (χ1n) is 8.01. The van der Waals surface area contributed by atoms with E-state index in [9.17, 15) is 9.59 Å². The van der Waals surface area contributed by atoms with Gasteiger partial charge >= 0.3 is 11.6 Å². The van der Waals surface area contributed by atoms with Crippen molar-refractivity contribution < 1.29 is 13.9 Å². The maximum Gasteiger partial charge on any atom is 0.336 e. The number of esters is 1. The third-order valence-electron chi connectivity index (χ3n) is 3.95. The predicted molar refractivity (Wildman–Crippen MR) is 99.7 cm³/mol. The molecule has 128 valence electrons. The van der Waals surface area contributed by atoms with Crippen LogP contribution in [0.1, 0.15) is 28.5 Å². The Morgan fingerprint density at radius 1 is 1.28 bits per heavy atom. The first kappa shape index (κ1) is 17.2. The molecule has 0 saturated carbocycles. The van der Waals surface area contributed by atoms with Crippen LogP contribution in [0, 0.1) is 6.92 Å². The molecule has 5 heteroatoms. The van der Waals surface area contributed by atoms with E-state index in [2.05, 4.69) is 0 Å². The Bertz CT molecular complexity index is 994. The summed E-state index contributed by atoms with van der Waals surface area (Å²) >= 11 is 1.56. The van der Waals surface area contributed by atoms with E-state index in [0.717, 1.165) is 27.8 Å². The molecule has 0 spiro atoms. The Balaban J connectivity index is 1.76. The standard InChI is InChI=1S/C20H18O4S/c1-3-14-4-5-16-15(11-20(22)24-17(16)10-14)12-23-19(21)7-6-18-13(2)8-9-25-18/h4-11H,3,12H2,1-2H3/b7-6+. The van der Waals surface area contributed by atoms with E-state index in [-0.39, 0.29) is 6.61 Å². The van der Waals surface area contributed by atoms with Crippen molar-refractivity contribution in [3.63, 3.8) is 0 Å². The van der Waals surface area contributed by atoms with Crippen LogP contribution in [0.4, 0.5) is 0 Å². The molecule has 3 aromatic rings. The first-order valence-corrected chi connectivity index (χ1v) is 8.89. The number of hydrogen-bond donors (Lipinski definition) is 0. The molecule has 25 heavy (non-hydrogen) atoms. The van der Waals surface area contributed by atoms with E-state index < -0.39 is 11.6 Å². The maximum absolute atomic E-state index is 11.9. The highest BCUT2D eigenvalue weighted by molar-refractivity contribution is 7.11. The minimum absolute atomic E-state index is 0.0279. The summed E-state index contributed by atoms with van der Waals surface area (Å²) in [6.07, 6.45) is 4.00. The summed E-state index contributed by atoms with van der Waals surface area (Å²) in [5.74, 6) is -0.445. The number of rotatable bonds is 5. The van der Waals surface area contributed by atoms with Gasteiger partial charge in [0, 0.05) is 28.0 Å². The molecule has 0 bridgehead atoms. The van der Waals surface area contributed by atoms with Gasteiger partial charge in [0.05, 0.1) is 0 Å². The maximum atomic E-state index is 11.9.